The third-order valence-electron chi connectivity index (χ3n) is 10.9. The molecule has 4 aliphatic rings. The van der Waals surface area contributed by atoms with E-state index in [0.717, 1.165) is 40.1 Å². The van der Waals surface area contributed by atoms with Crippen molar-refractivity contribution in [3.05, 3.63) is 146 Å². The van der Waals surface area contributed by atoms with Gasteiger partial charge in [0.25, 0.3) is 13.4 Å². The maximum Gasteiger partial charge on any atom is 0.256 e. The average molecular weight is 610 g/mol. The van der Waals surface area contributed by atoms with Crippen LogP contribution in [0.4, 0.5) is 17.1 Å². The molecule has 0 radical (unpaired) electrons. The van der Waals surface area contributed by atoms with Crippen LogP contribution in [0.1, 0.15) is 0 Å². The van der Waals surface area contributed by atoms with Crippen LogP contribution in [0.2, 0.25) is 0 Å². The average Bonchev–Trinajstić information content (AvgIpc) is 3.49. The molecule has 0 unspecified atom stereocenters. The van der Waals surface area contributed by atoms with Crippen LogP contribution in [-0.2, 0) is 0 Å². The molecule has 4 nitrogen and oxygen atoms in total. The minimum absolute atomic E-state index is 0.00252. The number of ether oxygens (including phenoxy) is 2. The lowest BCUT2D eigenvalue weighted by Gasteiger charge is -2.43. The molecule has 7 aromatic carbocycles. The first-order valence-corrected chi connectivity index (χ1v) is 16.6. The Morgan fingerprint density at radius 2 is 0.875 bits per heavy atom. The van der Waals surface area contributed by atoms with Crippen molar-refractivity contribution in [2.45, 2.75) is 0 Å². The molecule has 5 heterocycles. The van der Waals surface area contributed by atoms with E-state index in [1.165, 1.54) is 60.3 Å². The Labute approximate surface area is 277 Å². The number of benzene rings is 7. The van der Waals surface area contributed by atoms with Crippen LogP contribution >= 0.6 is 0 Å². The molecule has 6 heteroatoms. The Hall–Kier alpha value is -6.13. The van der Waals surface area contributed by atoms with Crippen LogP contribution < -0.4 is 47.2 Å². The lowest BCUT2D eigenvalue weighted by atomic mass is 9.30. The smallest absolute Gasteiger partial charge is 0.256 e. The number of fused-ring (bicyclic) bond motifs is 7. The summed E-state index contributed by atoms with van der Waals surface area (Å²) in [4.78, 5) is 2.33. The van der Waals surface area contributed by atoms with Gasteiger partial charge in [-0.15, -0.1) is 0 Å². The molecule has 0 spiro atoms. The molecule has 0 atom stereocenters. The molecule has 0 saturated carbocycles. The summed E-state index contributed by atoms with van der Waals surface area (Å²) in [5, 5.41) is 2.59. The second kappa shape index (κ2) is 8.81. The minimum Gasteiger partial charge on any atom is -0.456 e. The van der Waals surface area contributed by atoms with Crippen molar-refractivity contribution >= 4 is 85.1 Å². The van der Waals surface area contributed by atoms with Gasteiger partial charge < -0.3 is 18.9 Å². The number of anilines is 3. The second-order valence-corrected chi connectivity index (χ2v) is 13.2. The van der Waals surface area contributed by atoms with Gasteiger partial charge in [-0.05, 0) is 69.2 Å². The summed E-state index contributed by atoms with van der Waals surface area (Å²) < 4.78 is 17.0. The van der Waals surface area contributed by atoms with E-state index in [9.17, 15) is 0 Å². The molecule has 8 aromatic rings. The summed E-state index contributed by atoms with van der Waals surface area (Å²) in [5.41, 5.74) is 14.2. The SMILES string of the molecule is c1ccc(N(c2ccccc2)c2c3c4c5c6c2Oc2ccccc2B6c2cccc6c7cccc(c7n-5c26)B4c2ccccc2O3)cc1. The molecule has 1 aromatic heterocycles. The Kier molecular flexibility index (Phi) is 4.59. The lowest BCUT2D eigenvalue weighted by molar-refractivity contribution is 0.467. The van der Waals surface area contributed by atoms with Gasteiger partial charge in [-0.3, -0.25) is 0 Å². The van der Waals surface area contributed by atoms with Crippen LogP contribution in [-0.4, -0.2) is 18.0 Å². The van der Waals surface area contributed by atoms with Crippen molar-refractivity contribution in [2.24, 2.45) is 0 Å². The largest absolute Gasteiger partial charge is 0.456 e. The van der Waals surface area contributed by atoms with E-state index >= 15 is 0 Å². The molecule has 0 amide bonds. The van der Waals surface area contributed by atoms with Crippen molar-refractivity contribution in [2.75, 3.05) is 4.90 Å². The summed E-state index contributed by atoms with van der Waals surface area (Å²) in [6.07, 6.45) is 0. The minimum atomic E-state index is -0.00252. The van der Waals surface area contributed by atoms with Crippen molar-refractivity contribution in [1.29, 1.82) is 0 Å². The van der Waals surface area contributed by atoms with E-state index in [1.807, 2.05) is 0 Å². The van der Waals surface area contributed by atoms with Crippen molar-refractivity contribution in [3.8, 4) is 28.7 Å². The monoisotopic (exact) mass is 610 g/mol. The van der Waals surface area contributed by atoms with Gasteiger partial charge in [-0.25, -0.2) is 0 Å². The van der Waals surface area contributed by atoms with E-state index in [1.54, 1.807) is 0 Å². The molecule has 12 rings (SSSR count). The Morgan fingerprint density at radius 3 is 1.38 bits per heavy atom. The number of para-hydroxylation sites is 6. The van der Waals surface area contributed by atoms with Gasteiger partial charge in [0.2, 0.25) is 0 Å². The molecule has 0 N–H and O–H groups in total. The van der Waals surface area contributed by atoms with Crippen molar-refractivity contribution in [3.63, 3.8) is 0 Å². The van der Waals surface area contributed by atoms with Gasteiger partial charge >= 0.3 is 0 Å². The third kappa shape index (κ3) is 2.91. The highest BCUT2D eigenvalue weighted by Crippen LogP contribution is 2.52. The summed E-state index contributed by atoms with van der Waals surface area (Å²) in [5.74, 6) is 3.47. The molecule has 0 bridgehead atoms. The van der Waals surface area contributed by atoms with Crippen LogP contribution in [0.25, 0.3) is 27.5 Å². The highest BCUT2D eigenvalue weighted by molar-refractivity contribution is 7.03. The molecular formula is C42H24B2N2O2. The standard InChI is InChI=1S/C42H24B2N2O2/c1-3-13-25(14-4-1)45(26-15-5-2-6-16-26)40-41-35-39-36-42(40)48-34-24-10-8-20-30(34)44(36)32-22-12-18-28-27-17-11-21-31(37(27)46(39)38(28)32)43(35)29-19-7-9-23-33(29)47-41/h1-24H. The highest BCUT2D eigenvalue weighted by Gasteiger charge is 2.51. The number of hydrogen-bond acceptors (Lipinski definition) is 3. The van der Waals surface area contributed by atoms with Crippen molar-refractivity contribution < 1.29 is 9.47 Å². The fourth-order valence-electron chi connectivity index (χ4n) is 9.12. The van der Waals surface area contributed by atoms with Gasteiger partial charge in [0, 0.05) is 38.9 Å². The van der Waals surface area contributed by atoms with Crippen molar-refractivity contribution in [1.82, 2.24) is 4.57 Å². The number of aromatic nitrogens is 1. The normalized spacial score (nSPS) is 13.7. The van der Waals surface area contributed by atoms with E-state index in [0.29, 0.717) is 0 Å². The lowest BCUT2D eigenvalue weighted by Crippen LogP contribution is -2.65. The van der Waals surface area contributed by atoms with Gasteiger partial charge in [0.05, 0.1) is 0 Å². The van der Waals surface area contributed by atoms with Gasteiger partial charge in [0.1, 0.15) is 17.2 Å². The number of nitrogens with zero attached hydrogens (tertiary/aromatic N) is 2. The highest BCUT2D eigenvalue weighted by atomic mass is 16.5. The zero-order valence-corrected chi connectivity index (χ0v) is 25.7. The van der Waals surface area contributed by atoms with Crippen LogP contribution in [0.3, 0.4) is 0 Å². The predicted octanol–water partition coefficient (Wildman–Crippen LogP) is 6.12. The Bertz CT molecular complexity index is 2520. The maximum absolute atomic E-state index is 7.21. The van der Waals surface area contributed by atoms with E-state index < -0.39 is 0 Å². The first kappa shape index (κ1) is 25.0. The summed E-state index contributed by atoms with van der Waals surface area (Å²) in [6.45, 7) is -0.00504. The molecule has 48 heavy (non-hydrogen) atoms. The quantitative estimate of drug-likeness (QED) is 0.226. The first-order valence-electron chi connectivity index (χ1n) is 16.6. The fourth-order valence-corrected chi connectivity index (χ4v) is 9.12. The van der Waals surface area contributed by atoms with Crippen LogP contribution in [0.5, 0.6) is 23.0 Å². The Balaban J connectivity index is 1.34. The molecule has 0 fully saturated rings. The summed E-state index contributed by atoms with van der Waals surface area (Å²) in [6, 6.07) is 52.1. The first-order chi connectivity index (χ1) is 23.9. The van der Waals surface area contributed by atoms with E-state index in [-0.39, 0.29) is 13.4 Å². The van der Waals surface area contributed by atoms with Crippen LogP contribution in [0, 0.1) is 0 Å². The number of hydrogen-bond donors (Lipinski definition) is 0. The maximum atomic E-state index is 7.21. The molecule has 4 aliphatic heterocycles. The van der Waals surface area contributed by atoms with Gasteiger partial charge in [-0.1, -0.05) is 109 Å². The molecular weight excluding hydrogens is 586 g/mol. The van der Waals surface area contributed by atoms with Gasteiger partial charge in [0.15, 0.2) is 11.5 Å². The van der Waals surface area contributed by atoms with E-state index in [2.05, 4.69) is 155 Å². The third-order valence-corrected chi connectivity index (χ3v) is 10.9. The molecule has 0 saturated heterocycles. The molecule has 220 valence electrons. The molecule has 0 aliphatic carbocycles. The summed E-state index contributed by atoms with van der Waals surface area (Å²) in [7, 11) is 0. The Morgan fingerprint density at radius 1 is 0.438 bits per heavy atom. The second-order valence-electron chi connectivity index (χ2n) is 13.2. The number of rotatable bonds is 3. The predicted molar refractivity (Wildman–Crippen MR) is 198 cm³/mol. The van der Waals surface area contributed by atoms with E-state index in [4.69, 9.17) is 9.47 Å². The fraction of sp³-hybridized carbons (Fsp3) is 0. The van der Waals surface area contributed by atoms with Crippen LogP contribution in [0.15, 0.2) is 146 Å². The zero-order valence-electron chi connectivity index (χ0n) is 25.7. The topological polar surface area (TPSA) is 26.6 Å². The zero-order chi connectivity index (χ0) is 31.1. The summed E-state index contributed by atoms with van der Waals surface area (Å²) >= 11 is 0. The van der Waals surface area contributed by atoms with Gasteiger partial charge in [-0.2, -0.15) is 0 Å².